The van der Waals surface area contributed by atoms with Gasteiger partial charge in [-0.1, -0.05) is 74.1 Å². The van der Waals surface area contributed by atoms with Gasteiger partial charge in [0.1, 0.15) is 11.6 Å². The van der Waals surface area contributed by atoms with Gasteiger partial charge in [-0.2, -0.15) is 0 Å². The summed E-state index contributed by atoms with van der Waals surface area (Å²) in [5.74, 6) is 11.1. The highest BCUT2D eigenvalue weighted by Gasteiger charge is 2.30. The Hall–Kier alpha value is -4.22. The van der Waals surface area contributed by atoms with Gasteiger partial charge in [0.15, 0.2) is 0 Å². The lowest BCUT2D eigenvalue weighted by Crippen LogP contribution is -2.16. The first-order valence-corrected chi connectivity index (χ1v) is 12.5. The summed E-state index contributed by atoms with van der Waals surface area (Å²) < 4.78 is 55.8. The molecule has 0 aliphatic rings. The van der Waals surface area contributed by atoms with Crippen molar-refractivity contribution >= 4 is 10.8 Å². The Bertz CT molecular complexity index is 1510. The molecular formula is C33H26F4O. The molecule has 4 rings (SSSR count). The van der Waals surface area contributed by atoms with Crippen molar-refractivity contribution in [3.05, 3.63) is 112 Å². The molecule has 0 bridgehead atoms. The summed E-state index contributed by atoms with van der Waals surface area (Å²) in [5.41, 5.74) is 3.66. The average Bonchev–Trinajstić information content (AvgIpc) is 2.90. The van der Waals surface area contributed by atoms with Crippen LogP contribution in [-0.2, 0) is 6.42 Å². The SMILES string of the molecule is CCCCCCc1ccc(C#Cc2ccc3c(F)c(C#Cc4ccc(OC(F)(F)F)cc4)ccc3c2)cc1. The van der Waals surface area contributed by atoms with E-state index in [1.165, 1.54) is 55.5 Å². The molecule has 0 radical (unpaired) electrons. The van der Waals surface area contributed by atoms with Crippen molar-refractivity contribution < 1.29 is 22.3 Å². The molecule has 0 aliphatic carbocycles. The normalized spacial score (nSPS) is 10.9. The van der Waals surface area contributed by atoms with Crippen LogP contribution in [-0.4, -0.2) is 6.36 Å². The molecule has 0 fully saturated rings. The van der Waals surface area contributed by atoms with Crippen molar-refractivity contribution in [2.45, 2.75) is 45.4 Å². The molecule has 0 atom stereocenters. The van der Waals surface area contributed by atoms with Gasteiger partial charge in [0, 0.05) is 22.1 Å². The van der Waals surface area contributed by atoms with Crippen LogP contribution in [0.3, 0.4) is 0 Å². The van der Waals surface area contributed by atoms with Crippen LogP contribution in [0.2, 0.25) is 0 Å². The molecule has 0 unspecified atom stereocenters. The minimum atomic E-state index is -4.76. The summed E-state index contributed by atoms with van der Waals surface area (Å²) in [6.45, 7) is 2.21. The fourth-order valence-electron chi connectivity index (χ4n) is 4.00. The number of unbranched alkanes of at least 4 members (excludes halogenated alkanes) is 3. The van der Waals surface area contributed by atoms with Crippen LogP contribution in [0.1, 0.15) is 60.4 Å². The molecule has 4 aromatic rings. The Morgan fingerprint density at radius 1 is 0.684 bits per heavy atom. The molecule has 0 spiro atoms. The zero-order chi connectivity index (χ0) is 27.0. The van der Waals surface area contributed by atoms with Crippen molar-refractivity contribution in [1.82, 2.24) is 0 Å². The predicted molar refractivity (Wildman–Crippen MR) is 143 cm³/mol. The van der Waals surface area contributed by atoms with E-state index in [2.05, 4.69) is 47.5 Å². The van der Waals surface area contributed by atoms with Crippen LogP contribution in [0, 0.1) is 29.5 Å². The summed E-state index contributed by atoms with van der Waals surface area (Å²) in [7, 11) is 0. The fourth-order valence-corrected chi connectivity index (χ4v) is 4.00. The fraction of sp³-hybridized carbons (Fsp3) is 0.212. The molecule has 0 saturated carbocycles. The summed E-state index contributed by atoms with van der Waals surface area (Å²) in [4.78, 5) is 0. The number of hydrogen-bond donors (Lipinski definition) is 0. The number of ether oxygens (including phenoxy) is 1. The molecular weight excluding hydrogens is 488 g/mol. The van der Waals surface area contributed by atoms with Crippen molar-refractivity contribution in [2.75, 3.05) is 0 Å². The highest BCUT2D eigenvalue weighted by atomic mass is 19.4. The van der Waals surface area contributed by atoms with Crippen LogP contribution >= 0.6 is 0 Å². The minimum absolute atomic E-state index is 0.196. The standard InChI is InChI=1S/C33H26F4O/c1-2-3-4-5-6-24-7-9-25(10-8-24)11-12-27-16-22-31-29(23-27)19-18-28(32(31)34)17-13-26-14-20-30(21-15-26)38-33(35,36)37/h7-10,14-16,18-23H,2-6H2,1H3. The molecule has 0 aliphatic heterocycles. The van der Waals surface area contributed by atoms with Crippen molar-refractivity contribution in [3.63, 3.8) is 0 Å². The Balaban J connectivity index is 1.45. The lowest BCUT2D eigenvalue weighted by atomic mass is 10.0. The quantitative estimate of drug-likeness (QED) is 0.142. The number of fused-ring (bicyclic) bond motifs is 1. The van der Waals surface area contributed by atoms with E-state index >= 15 is 4.39 Å². The zero-order valence-corrected chi connectivity index (χ0v) is 21.0. The summed E-state index contributed by atoms with van der Waals surface area (Å²) >= 11 is 0. The maximum atomic E-state index is 15.1. The lowest BCUT2D eigenvalue weighted by molar-refractivity contribution is -0.274. The molecule has 1 nitrogen and oxygen atoms in total. The first kappa shape index (κ1) is 26.8. The topological polar surface area (TPSA) is 9.23 Å². The van der Waals surface area contributed by atoms with E-state index in [0.29, 0.717) is 16.3 Å². The van der Waals surface area contributed by atoms with Crippen LogP contribution in [0.25, 0.3) is 10.8 Å². The van der Waals surface area contributed by atoms with Gasteiger partial charge >= 0.3 is 6.36 Å². The Kier molecular flexibility index (Phi) is 8.72. The number of aryl methyl sites for hydroxylation is 1. The molecule has 0 amide bonds. The van der Waals surface area contributed by atoms with Gasteiger partial charge < -0.3 is 4.74 Å². The van der Waals surface area contributed by atoms with Gasteiger partial charge in [-0.05, 0) is 78.4 Å². The monoisotopic (exact) mass is 514 g/mol. The van der Waals surface area contributed by atoms with Crippen molar-refractivity contribution in [3.8, 4) is 29.4 Å². The molecule has 5 heteroatoms. The van der Waals surface area contributed by atoms with E-state index < -0.39 is 12.2 Å². The summed E-state index contributed by atoms with van der Waals surface area (Å²) in [6.07, 6.45) is 1.29. The van der Waals surface area contributed by atoms with Gasteiger partial charge in [-0.15, -0.1) is 13.2 Å². The number of rotatable bonds is 6. The second-order valence-electron chi connectivity index (χ2n) is 8.94. The predicted octanol–water partition coefficient (Wildman–Crippen LogP) is 8.80. The molecule has 0 N–H and O–H groups in total. The van der Waals surface area contributed by atoms with Crippen molar-refractivity contribution in [1.29, 1.82) is 0 Å². The van der Waals surface area contributed by atoms with E-state index in [1.807, 2.05) is 18.2 Å². The van der Waals surface area contributed by atoms with Crippen LogP contribution in [0.4, 0.5) is 17.6 Å². The summed E-state index contributed by atoms with van der Waals surface area (Å²) in [5, 5.41) is 1.12. The molecule has 0 saturated heterocycles. The van der Waals surface area contributed by atoms with Crippen LogP contribution in [0.5, 0.6) is 5.75 Å². The highest BCUT2D eigenvalue weighted by Crippen LogP contribution is 2.24. The number of alkyl halides is 3. The third-order valence-electron chi connectivity index (χ3n) is 6.01. The van der Waals surface area contributed by atoms with E-state index in [1.54, 1.807) is 24.3 Å². The molecule has 0 aromatic heterocycles. The van der Waals surface area contributed by atoms with Gasteiger partial charge in [-0.3, -0.25) is 0 Å². The van der Waals surface area contributed by atoms with Gasteiger partial charge in [0.05, 0.1) is 5.56 Å². The maximum absolute atomic E-state index is 15.1. The smallest absolute Gasteiger partial charge is 0.406 e. The first-order chi connectivity index (χ1) is 18.3. The largest absolute Gasteiger partial charge is 0.573 e. The highest BCUT2D eigenvalue weighted by molar-refractivity contribution is 5.86. The maximum Gasteiger partial charge on any atom is 0.573 e. The molecule has 192 valence electrons. The number of halogens is 4. The zero-order valence-electron chi connectivity index (χ0n) is 21.0. The Labute approximate surface area is 220 Å². The molecule has 4 aromatic carbocycles. The second-order valence-corrected chi connectivity index (χ2v) is 8.94. The van der Waals surface area contributed by atoms with Gasteiger partial charge in [-0.25, -0.2) is 4.39 Å². The molecule has 0 heterocycles. The second kappa shape index (κ2) is 12.3. The Morgan fingerprint density at radius 3 is 2.00 bits per heavy atom. The van der Waals surface area contributed by atoms with Gasteiger partial charge in [0.2, 0.25) is 0 Å². The minimum Gasteiger partial charge on any atom is -0.406 e. The van der Waals surface area contributed by atoms with Crippen LogP contribution in [0.15, 0.2) is 78.9 Å². The summed E-state index contributed by atoms with van der Waals surface area (Å²) in [6, 6.07) is 22.1. The van der Waals surface area contributed by atoms with Gasteiger partial charge in [0.25, 0.3) is 0 Å². The average molecular weight is 515 g/mol. The third-order valence-corrected chi connectivity index (χ3v) is 6.01. The molecule has 38 heavy (non-hydrogen) atoms. The Morgan fingerprint density at radius 2 is 1.32 bits per heavy atom. The lowest BCUT2D eigenvalue weighted by Gasteiger charge is -2.08. The number of benzene rings is 4. The van der Waals surface area contributed by atoms with E-state index in [4.69, 9.17) is 0 Å². The third kappa shape index (κ3) is 7.64. The van der Waals surface area contributed by atoms with Crippen LogP contribution < -0.4 is 4.74 Å². The first-order valence-electron chi connectivity index (χ1n) is 12.5. The van der Waals surface area contributed by atoms with E-state index in [0.717, 1.165) is 17.5 Å². The van der Waals surface area contributed by atoms with Crippen molar-refractivity contribution in [2.24, 2.45) is 0 Å². The van der Waals surface area contributed by atoms with E-state index in [-0.39, 0.29) is 11.3 Å². The van der Waals surface area contributed by atoms with E-state index in [9.17, 15) is 13.2 Å². The number of hydrogen-bond acceptors (Lipinski definition) is 1.